The Balaban J connectivity index is 1.58. The van der Waals surface area contributed by atoms with Crippen LogP contribution >= 0.6 is 0 Å². The van der Waals surface area contributed by atoms with E-state index in [0.29, 0.717) is 60.2 Å². The van der Waals surface area contributed by atoms with E-state index in [4.69, 9.17) is 14.5 Å². The van der Waals surface area contributed by atoms with Gasteiger partial charge in [0, 0.05) is 18.4 Å². The van der Waals surface area contributed by atoms with E-state index in [9.17, 15) is 9.18 Å². The first kappa shape index (κ1) is 16.5. The molecule has 0 saturated heterocycles. The second-order valence-corrected chi connectivity index (χ2v) is 7.71. The minimum absolute atomic E-state index is 0.0217. The molecule has 1 saturated carbocycles. The van der Waals surface area contributed by atoms with E-state index >= 15 is 0 Å². The Labute approximate surface area is 164 Å². The molecule has 2 bridgehead atoms. The zero-order chi connectivity index (χ0) is 19.8. The average Bonchev–Trinajstić information content (AvgIpc) is 3.31. The third-order valence-corrected chi connectivity index (χ3v) is 5.54. The van der Waals surface area contributed by atoms with Gasteiger partial charge in [0.25, 0.3) is 5.91 Å². The van der Waals surface area contributed by atoms with Crippen LogP contribution in [0.1, 0.15) is 35.7 Å². The first-order valence-electron chi connectivity index (χ1n) is 9.45. The minimum atomic E-state index is -0.844. The molecule has 29 heavy (non-hydrogen) atoms. The summed E-state index contributed by atoms with van der Waals surface area (Å²) in [6, 6.07) is 1.39. The molecule has 3 aromatic rings. The lowest BCUT2D eigenvalue weighted by atomic mass is 10.1. The van der Waals surface area contributed by atoms with Crippen LogP contribution in [0.2, 0.25) is 0 Å². The Morgan fingerprint density at radius 2 is 2.21 bits per heavy atom. The highest BCUT2D eigenvalue weighted by Crippen LogP contribution is 2.40. The largest absolute Gasteiger partial charge is 0.486 e. The number of hydrogen-bond donors (Lipinski definition) is 1. The van der Waals surface area contributed by atoms with Crippen LogP contribution in [0.15, 0.2) is 24.7 Å². The molecule has 1 aliphatic carbocycles. The highest BCUT2D eigenvalue weighted by molar-refractivity contribution is 6.00. The molecule has 1 atom stereocenters. The number of nitrogens with one attached hydrogen (secondary N) is 1. The van der Waals surface area contributed by atoms with E-state index in [1.165, 1.54) is 16.8 Å². The number of aromatic nitrogens is 4. The van der Waals surface area contributed by atoms with Gasteiger partial charge in [0.2, 0.25) is 5.88 Å². The van der Waals surface area contributed by atoms with E-state index in [2.05, 4.69) is 15.4 Å². The van der Waals surface area contributed by atoms with Gasteiger partial charge in [0.15, 0.2) is 22.9 Å². The van der Waals surface area contributed by atoms with Crippen LogP contribution in [0.4, 0.5) is 10.2 Å². The molecule has 1 N–H and O–H groups in total. The quantitative estimate of drug-likeness (QED) is 0.618. The minimum Gasteiger partial charge on any atom is -0.486 e. The smallest absolute Gasteiger partial charge is 0.259 e. The predicted octanol–water partition coefficient (Wildman–Crippen LogP) is 1.66. The van der Waals surface area contributed by atoms with Gasteiger partial charge < -0.3 is 19.7 Å². The number of carbonyl (C=O) groups excluding carboxylic acids is 1. The van der Waals surface area contributed by atoms with Gasteiger partial charge in [0.1, 0.15) is 18.0 Å². The molecule has 3 aliphatic rings. The zero-order valence-electron chi connectivity index (χ0n) is 15.6. The van der Waals surface area contributed by atoms with E-state index in [1.54, 1.807) is 6.20 Å². The fourth-order valence-electron chi connectivity index (χ4n) is 3.78. The summed E-state index contributed by atoms with van der Waals surface area (Å²) in [7, 11) is 0. The number of hydrogen-bond acceptors (Lipinski definition) is 7. The molecule has 148 valence electrons. The van der Waals surface area contributed by atoms with Crippen LogP contribution in [-0.2, 0) is 6.54 Å². The highest BCUT2D eigenvalue weighted by atomic mass is 19.1. The van der Waals surface area contributed by atoms with Crippen molar-refractivity contribution in [2.24, 2.45) is 0 Å². The Bertz CT molecular complexity index is 1170. The number of nitrogens with zero attached hydrogens (tertiary/aromatic N) is 5. The van der Waals surface area contributed by atoms with Crippen LogP contribution in [0.25, 0.3) is 5.65 Å². The van der Waals surface area contributed by atoms with Gasteiger partial charge >= 0.3 is 0 Å². The fraction of sp³-hybridized carbons (Fsp3) is 0.368. The van der Waals surface area contributed by atoms with Crippen molar-refractivity contribution < 1.29 is 18.7 Å². The van der Waals surface area contributed by atoms with Crippen molar-refractivity contribution in [1.82, 2.24) is 24.9 Å². The molecule has 1 amide bonds. The van der Waals surface area contributed by atoms with Crippen molar-refractivity contribution in [3.8, 4) is 11.6 Å². The predicted molar refractivity (Wildman–Crippen MR) is 98.4 cm³/mol. The summed E-state index contributed by atoms with van der Waals surface area (Å²) in [6.45, 7) is 2.78. The SMILES string of the molecule is C[C@@H]1COc2cn3ncc4c3nc2N1Cc1cc(F)cnc1OC1(CC1)NC4=O. The van der Waals surface area contributed by atoms with Crippen molar-refractivity contribution in [3.05, 3.63) is 41.6 Å². The van der Waals surface area contributed by atoms with E-state index in [-0.39, 0.29) is 11.9 Å². The molecule has 0 unspecified atom stereocenters. The summed E-state index contributed by atoms with van der Waals surface area (Å²) < 4.78 is 27.5. The lowest BCUT2D eigenvalue weighted by Crippen LogP contribution is -2.43. The van der Waals surface area contributed by atoms with Gasteiger partial charge in [-0.2, -0.15) is 5.10 Å². The maximum atomic E-state index is 14.0. The molecular formula is C19H17FN6O3. The summed E-state index contributed by atoms with van der Waals surface area (Å²) in [5, 5.41) is 7.18. The second-order valence-electron chi connectivity index (χ2n) is 7.71. The Hall–Kier alpha value is -3.43. The van der Waals surface area contributed by atoms with Gasteiger partial charge in [-0.05, 0) is 13.0 Å². The zero-order valence-corrected chi connectivity index (χ0v) is 15.6. The monoisotopic (exact) mass is 396 g/mol. The molecule has 1 fully saturated rings. The topological polar surface area (TPSA) is 93.9 Å². The molecular weight excluding hydrogens is 379 g/mol. The summed E-state index contributed by atoms with van der Waals surface area (Å²) >= 11 is 0. The van der Waals surface area contributed by atoms with Crippen LogP contribution in [-0.4, -0.2) is 43.9 Å². The highest BCUT2D eigenvalue weighted by Gasteiger charge is 2.48. The van der Waals surface area contributed by atoms with Gasteiger partial charge in [-0.1, -0.05) is 0 Å². The van der Waals surface area contributed by atoms with Crippen molar-refractivity contribution >= 4 is 17.4 Å². The number of carbonyl (C=O) groups is 1. The van der Waals surface area contributed by atoms with E-state index < -0.39 is 11.5 Å². The number of amides is 1. The molecule has 3 aromatic heterocycles. The molecule has 10 heteroatoms. The molecule has 5 heterocycles. The molecule has 1 spiro atoms. The van der Waals surface area contributed by atoms with Crippen LogP contribution in [0.5, 0.6) is 11.6 Å². The number of fused-ring (bicyclic) bond motifs is 1. The third kappa shape index (κ3) is 2.51. The Morgan fingerprint density at radius 1 is 1.34 bits per heavy atom. The molecule has 6 rings (SSSR count). The molecule has 2 aliphatic heterocycles. The van der Waals surface area contributed by atoms with Gasteiger partial charge in [-0.25, -0.2) is 18.9 Å². The Kier molecular flexibility index (Phi) is 3.16. The van der Waals surface area contributed by atoms with Gasteiger partial charge in [-0.15, -0.1) is 0 Å². The number of anilines is 1. The summed E-state index contributed by atoms with van der Waals surface area (Å²) in [4.78, 5) is 23.8. The van der Waals surface area contributed by atoms with Crippen molar-refractivity contribution in [2.75, 3.05) is 11.5 Å². The lowest BCUT2D eigenvalue weighted by molar-refractivity contribution is 0.0769. The normalized spacial score (nSPS) is 21.7. The number of rotatable bonds is 0. The number of halogens is 1. The summed E-state index contributed by atoms with van der Waals surface area (Å²) in [5.74, 6) is 0.652. The van der Waals surface area contributed by atoms with Gasteiger partial charge in [0.05, 0.1) is 31.2 Å². The van der Waals surface area contributed by atoms with Crippen molar-refractivity contribution in [3.63, 3.8) is 0 Å². The fourth-order valence-corrected chi connectivity index (χ4v) is 3.78. The molecule has 0 aromatic carbocycles. The maximum absolute atomic E-state index is 14.0. The molecule has 9 nitrogen and oxygen atoms in total. The molecule has 0 radical (unpaired) electrons. The Morgan fingerprint density at radius 3 is 3.03 bits per heavy atom. The van der Waals surface area contributed by atoms with Crippen LogP contribution < -0.4 is 19.7 Å². The number of pyridine rings is 1. The summed E-state index contributed by atoms with van der Waals surface area (Å²) in [6.07, 6.45) is 5.62. The number of ether oxygens (including phenoxy) is 2. The third-order valence-electron chi connectivity index (χ3n) is 5.54. The van der Waals surface area contributed by atoms with Gasteiger partial charge in [-0.3, -0.25) is 4.79 Å². The standard InChI is InChI=1S/C19H17FN6O3/c1-10-9-28-14-8-26-15-13(6-22-26)17(27)24-19(2-3-19)29-18-11(4-12(20)5-21-18)7-25(10)16(14)23-15/h4-6,8,10H,2-3,7,9H2,1H3,(H,24,27)/t10-/m1/s1. The van der Waals surface area contributed by atoms with E-state index in [1.807, 2.05) is 11.8 Å². The van der Waals surface area contributed by atoms with Crippen LogP contribution in [0.3, 0.4) is 0 Å². The summed E-state index contributed by atoms with van der Waals surface area (Å²) in [5.41, 5.74) is 0.525. The lowest BCUT2D eigenvalue weighted by Gasteiger charge is -2.36. The van der Waals surface area contributed by atoms with Crippen molar-refractivity contribution in [2.45, 2.75) is 38.1 Å². The first-order chi connectivity index (χ1) is 14.0. The maximum Gasteiger partial charge on any atom is 0.259 e. The van der Waals surface area contributed by atoms with E-state index in [0.717, 1.165) is 6.20 Å². The van der Waals surface area contributed by atoms with Crippen molar-refractivity contribution in [1.29, 1.82) is 0 Å². The van der Waals surface area contributed by atoms with Crippen LogP contribution in [0, 0.1) is 5.82 Å². The second kappa shape index (κ2) is 5.56. The average molecular weight is 396 g/mol. The first-order valence-corrected chi connectivity index (χ1v) is 9.45.